The second-order valence-electron chi connectivity index (χ2n) is 5.24. The highest BCUT2D eigenvalue weighted by Gasteiger charge is 2.10. The van der Waals surface area contributed by atoms with Gasteiger partial charge in [-0.1, -0.05) is 0 Å². The van der Waals surface area contributed by atoms with Crippen LogP contribution in [0.15, 0.2) is 18.5 Å². The van der Waals surface area contributed by atoms with Gasteiger partial charge in [-0.25, -0.2) is 0 Å². The van der Waals surface area contributed by atoms with Crippen molar-refractivity contribution in [2.75, 3.05) is 44.3 Å². The highest BCUT2D eigenvalue weighted by atomic mass is 16.5. The van der Waals surface area contributed by atoms with E-state index in [2.05, 4.69) is 21.3 Å². The van der Waals surface area contributed by atoms with E-state index < -0.39 is 0 Å². The van der Waals surface area contributed by atoms with Gasteiger partial charge in [0.15, 0.2) is 0 Å². The quantitative estimate of drug-likeness (QED) is 0.803. The second-order valence-corrected chi connectivity index (χ2v) is 5.24. The molecule has 2 rings (SSSR count). The fourth-order valence-corrected chi connectivity index (χ4v) is 2.21. The van der Waals surface area contributed by atoms with Gasteiger partial charge in [0.05, 0.1) is 30.8 Å². The summed E-state index contributed by atoms with van der Waals surface area (Å²) in [5.74, 6) is 0.812. The Labute approximate surface area is 121 Å². The lowest BCUT2D eigenvalue weighted by Gasteiger charge is -2.22. The van der Waals surface area contributed by atoms with E-state index in [9.17, 15) is 0 Å². The van der Waals surface area contributed by atoms with Crippen molar-refractivity contribution in [3.63, 3.8) is 0 Å². The lowest BCUT2D eigenvalue weighted by molar-refractivity contribution is 0.0552. The first kappa shape index (κ1) is 15.1. The van der Waals surface area contributed by atoms with Crippen molar-refractivity contribution in [3.8, 4) is 5.75 Å². The molecule has 0 aromatic carbocycles. The van der Waals surface area contributed by atoms with E-state index >= 15 is 0 Å². The summed E-state index contributed by atoms with van der Waals surface area (Å²) in [6.07, 6.45) is 5.07. The maximum Gasteiger partial charge on any atom is 0.139 e. The molecule has 0 atom stereocenters. The highest BCUT2D eigenvalue weighted by molar-refractivity contribution is 5.48. The standard InChI is InChI=1S/C15H25N3O2/c1-13(2)19-8-9-20-15-10-14(11-17-12-15)18-6-3-4-16-5-7-18/h10-13,16H,3-9H2,1-2H3. The summed E-state index contributed by atoms with van der Waals surface area (Å²) >= 11 is 0. The Balaban J connectivity index is 1.86. The number of nitrogens with zero attached hydrogens (tertiary/aromatic N) is 2. The molecule has 1 aliphatic rings. The van der Waals surface area contributed by atoms with Gasteiger partial charge in [0.25, 0.3) is 0 Å². The lowest BCUT2D eigenvalue weighted by Crippen LogP contribution is -2.27. The average molecular weight is 279 g/mol. The van der Waals surface area contributed by atoms with E-state index in [1.165, 1.54) is 0 Å². The van der Waals surface area contributed by atoms with Gasteiger partial charge in [-0.05, 0) is 26.8 Å². The molecule has 0 spiro atoms. The molecule has 20 heavy (non-hydrogen) atoms. The number of pyridine rings is 1. The summed E-state index contributed by atoms with van der Waals surface area (Å²) in [4.78, 5) is 6.63. The van der Waals surface area contributed by atoms with Gasteiger partial charge in [-0.15, -0.1) is 0 Å². The number of nitrogens with one attached hydrogen (secondary N) is 1. The van der Waals surface area contributed by atoms with Crippen molar-refractivity contribution in [2.24, 2.45) is 0 Å². The normalized spacial score (nSPS) is 16.2. The SMILES string of the molecule is CC(C)OCCOc1cncc(N2CCCNCC2)c1. The zero-order chi connectivity index (χ0) is 14.2. The monoisotopic (exact) mass is 279 g/mol. The average Bonchev–Trinajstić information content (AvgIpc) is 2.73. The molecule has 5 nitrogen and oxygen atoms in total. The van der Waals surface area contributed by atoms with E-state index in [4.69, 9.17) is 9.47 Å². The maximum atomic E-state index is 5.69. The summed E-state index contributed by atoms with van der Waals surface area (Å²) in [6.45, 7) is 9.40. The van der Waals surface area contributed by atoms with Crippen LogP contribution in [-0.2, 0) is 4.74 Å². The Morgan fingerprint density at radius 1 is 1.25 bits per heavy atom. The molecule has 0 bridgehead atoms. The number of rotatable bonds is 6. The van der Waals surface area contributed by atoms with Crippen molar-refractivity contribution in [1.29, 1.82) is 0 Å². The Morgan fingerprint density at radius 3 is 3.00 bits per heavy atom. The van der Waals surface area contributed by atoms with Gasteiger partial charge in [-0.2, -0.15) is 0 Å². The molecule has 112 valence electrons. The third-order valence-electron chi connectivity index (χ3n) is 3.21. The summed E-state index contributed by atoms with van der Waals surface area (Å²) in [5.41, 5.74) is 1.14. The fraction of sp³-hybridized carbons (Fsp3) is 0.667. The van der Waals surface area contributed by atoms with Crippen LogP contribution in [0, 0.1) is 0 Å². The lowest BCUT2D eigenvalue weighted by atomic mass is 10.3. The second kappa shape index (κ2) is 8.07. The molecule has 1 saturated heterocycles. The van der Waals surface area contributed by atoms with Gasteiger partial charge in [0.1, 0.15) is 12.4 Å². The first-order valence-corrected chi connectivity index (χ1v) is 7.41. The minimum atomic E-state index is 0.243. The Morgan fingerprint density at radius 2 is 2.15 bits per heavy atom. The summed E-state index contributed by atoms with van der Waals surface area (Å²) in [5, 5.41) is 3.40. The molecule has 0 saturated carbocycles. The number of hydrogen-bond acceptors (Lipinski definition) is 5. The summed E-state index contributed by atoms with van der Waals surface area (Å²) < 4.78 is 11.2. The maximum absolute atomic E-state index is 5.69. The number of anilines is 1. The van der Waals surface area contributed by atoms with Crippen LogP contribution in [-0.4, -0.2) is 50.5 Å². The molecular weight excluding hydrogens is 254 g/mol. The van der Waals surface area contributed by atoms with Gasteiger partial charge in [0, 0.05) is 25.7 Å². The molecule has 5 heteroatoms. The molecule has 1 N–H and O–H groups in total. The minimum absolute atomic E-state index is 0.243. The molecule has 1 aromatic rings. The molecule has 1 aromatic heterocycles. The van der Waals surface area contributed by atoms with Gasteiger partial charge < -0.3 is 19.7 Å². The van der Waals surface area contributed by atoms with Crippen LogP contribution in [0.3, 0.4) is 0 Å². The van der Waals surface area contributed by atoms with E-state index in [1.807, 2.05) is 20.0 Å². The largest absolute Gasteiger partial charge is 0.489 e. The Kier molecular flexibility index (Phi) is 6.08. The predicted molar refractivity (Wildman–Crippen MR) is 80.5 cm³/mol. The van der Waals surface area contributed by atoms with Crippen LogP contribution in [0.1, 0.15) is 20.3 Å². The van der Waals surface area contributed by atoms with Crippen molar-refractivity contribution in [3.05, 3.63) is 18.5 Å². The molecule has 0 amide bonds. The van der Waals surface area contributed by atoms with Crippen molar-refractivity contribution >= 4 is 5.69 Å². The fourth-order valence-electron chi connectivity index (χ4n) is 2.21. The van der Waals surface area contributed by atoms with Gasteiger partial charge in [0.2, 0.25) is 0 Å². The van der Waals surface area contributed by atoms with Crippen LogP contribution in [0.5, 0.6) is 5.75 Å². The molecule has 2 heterocycles. The summed E-state index contributed by atoms with van der Waals surface area (Å²) in [6, 6.07) is 2.06. The van der Waals surface area contributed by atoms with E-state index in [0.29, 0.717) is 13.2 Å². The zero-order valence-electron chi connectivity index (χ0n) is 12.5. The molecular formula is C15H25N3O2. The molecule has 1 fully saturated rings. The molecule has 0 radical (unpaired) electrons. The Hall–Kier alpha value is -1.33. The topological polar surface area (TPSA) is 46.6 Å². The van der Waals surface area contributed by atoms with E-state index in [-0.39, 0.29) is 6.10 Å². The van der Waals surface area contributed by atoms with Crippen LogP contribution >= 0.6 is 0 Å². The minimum Gasteiger partial charge on any atom is -0.489 e. The first-order chi connectivity index (χ1) is 9.75. The number of aromatic nitrogens is 1. The zero-order valence-corrected chi connectivity index (χ0v) is 12.5. The number of hydrogen-bond donors (Lipinski definition) is 1. The van der Waals surface area contributed by atoms with Crippen LogP contribution in [0.2, 0.25) is 0 Å². The predicted octanol–water partition coefficient (Wildman–Crippen LogP) is 1.69. The van der Waals surface area contributed by atoms with E-state index in [1.54, 1.807) is 6.20 Å². The third-order valence-corrected chi connectivity index (χ3v) is 3.21. The van der Waals surface area contributed by atoms with Crippen LogP contribution in [0.25, 0.3) is 0 Å². The Bertz CT molecular complexity index is 390. The van der Waals surface area contributed by atoms with Crippen LogP contribution in [0.4, 0.5) is 5.69 Å². The third kappa shape index (κ3) is 4.98. The van der Waals surface area contributed by atoms with Crippen molar-refractivity contribution in [1.82, 2.24) is 10.3 Å². The highest BCUT2D eigenvalue weighted by Crippen LogP contribution is 2.20. The first-order valence-electron chi connectivity index (χ1n) is 7.41. The van der Waals surface area contributed by atoms with Gasteiger partial charge in [-0.3, -0.25) is 4.98 Å². The summed E-state index contributed by atoms with van der Waals surface area (Å²) in [7, 11) is 0. The molecule has 0 aliphatic carbocycles. The molecule has 1 aliphatic heterocycles. The molecule has 0 unspecified atom stereocenters. The smallest absolute Gasteiger partial charge is 0.139 e. The van der Waals surface area contributed by atoms with E-state index in [0.717, 1.165) is 44.0 Å². The van der Waals surface area contributed by atoms with Crippen molar-refractivity contribution < 1.29 is 9.47 Å². The number of ether oxygens (including phenoxy) is 2. The van der Waals surface area contributed by atoms with Crippen LogP contribution < -0.4 is 15.0 Å². The van der Waals surface area contributed by atoms with Gasteiger partial charge >= 0.3 is 0 Å². The van der Waals surface area contributed by atoms with Crippen molar-refractivity contribution in [2.45, 2.75) is 26.4 Å².